The minimum Gasteiger partial charge on any atom is -0.322 e. The summed E-state index contributed by atoms with van der Waals surface area (Å²) in [5.41, 5.74) is 3.32. The van der Waals surface area contributed by atoms with Crippen LogP contribution in [0.3, 0.4) is 0 Å². The van der Waals surface area contributed by atoms with Crippen molar-refractivity contribution in [1.29, 1.82) is 0 Å². The monoisotopic (exact) mass is 294 g/mol. The molecule has 2 amide bonds. The maximum absolute atomic E-state index is 12.2. The number of hydrogen-bond acceptors (Lipinski definition) is 2. The van der Waals surface area contributed by atoms with Crippen molar-refractivity contribution in [2.24, 2.45) is 0 Å². The van der Waals surface area contributed by atoms with Crippen molar-refractivity contribution in [3.05, 3.63) is 59.7 Å². The van der Waals surface area contributed by atoms with Gasteiger partial charge in [0.25, 0.3) is 5.91 Å². The van der Waals surface area contributed by atoms with E-state index < -0.39 is 0 Å². The number of nitrogens with zero attached hydrogens (tertiary/aromatic N) is 1. The molecule has 1 fully saturated rings. The normalized spacial score (nSPS) is 14.2. The van der Waals surface area contributed by atoms with Gasteiger partial charge in [0.1, 0.15) is 0 Å². The zero-order valence-electron chi connectivity index (χ0n) is 12.5. The first kappa shape index (κ1) is 14.3. The molecule has 0 spiro atoms. The number of carbonyl (C=O) groups is 2. The fourth-order valence-electron chi connectivity index (χ4n) is 2.64. The smallest absolute Gasteiger partial charge is 0.255 e. The molecule has 1 saturated heterocycles. The van der Waals surface area contributed by atoms with E-state index in [1.807, 2.05) is 43.3 Å². The van der Waals surface area contributed by atoms with Gasteiger partial charge in [0.05, 0.1) is 0 Å². The number of hydrogen-bond donors (Lipinski definition) is 1. The van der Waals surface area contributed by atoms with Gasteiger partial charge in [0.2, 0.25) is 5.91 Å². The molecule has 3 rings (SSSR count). The molecule has 0 unspecified atom stereocenters. The van der Waals surface area contributed by atoms with E-state index >= 15 is 0 Å². The van der Waals surface area contributed by atoms with Crippen LogP contribution in [0.25, 0.3) is 0 Å². The van der Waals surface area contributed by atoms with Crippen LogP contribution in [0.1, 0.15) is 28.8 Å². The van der Waals surface area contributed by atoms with E-state index in [2.05, 4.69) is 5.32 Å². The van der Waals surface area contributed by atoms with Gasteiger partial charge < -0.3 is 10.2 Å². The largest absolute Gasteiger partial charge is 0.322 e. The quantitative estimate of drug-likeness (QED) is 0.943. The Hall–Kier alpha value is -2.62. The Morgan fingerprint density at radius 1 is 1.14 bits per heavy atom. The molecule has 2 aromatic rings. The summed E-state index contributed by atoms with van der Waals surface area (Å²) in [6.07, 6.45) is 1.50. The van der Waals surface area contributed by atoms with Crippen LogP contribution in [0.4, 0.5) is 11.4 Å². The molecule has 0 aliphatic carbocycles. The van der Waals surface area contributed by atoms with E-state index in [1.54, 1.807) is 17.0 Å². The molecular weight excluding hydrogens is 276 g/mol. The molecule has 1 aliphatic rings. The van der Waals surface area contributed by atoms with Gasteiger partial charge in [0.15, 0.2) is 0 Å². The van der Waals surface area contributed by atoms with Gasteiger partial charge in [-0.2, -0.15) is 0 Å². The fraction of sp³-hybridized carbons (Fsp3) is 0.222. The molecule has 4 heteroatoms. The fourth-order valence-corrected chi connectivity index (χ4v) is 2.64. The van der Waals surface area contributed by atoms with Crippen LogP contribution in [0.15, 0.2) is 48.5 Å². The second-order valence-electron chi connectivity index (χ2n) is 5.52. The van der Waals surface area contributed by atoms with Gasteiger partial charge in [-0.15, -0.1) is 0 Å². The number of rotatable bonds is 3. The lowest BCUT2D eigenvalue weighted by atomic mass is 10.1. The van der Waals surface area contributed by atoms with Gasteiger partial charge in [-0.3, -0.25) is 9.59 Å². The minimum absolute atomic E-state index is 0.148. The first-order valence-electron chi connectivity index (χ1n) is 7.42. The van der Waals surface area contributed by atoms with E-state index in [4.69, 9.17) is 0 Å². The number of carbonyl (C=O) groups excluding carboxylic acids is 2. The van der Waals surface area contributed by atoms with Crippen LogP contribution in [-0.2, 0) is 4.79 Å². The lowest BCUT2D eigenvalue weighted by Crippen LogP contribution is -2.23. The van der Waals surface area contributed by atoms with Gasteiger partial charge in [-0.05, 0) is 55.3 Å². The summed E-state index contributed by atoms with van der Waals surface area (Å²) in [4.78, 5) is 25.7. The molecule has 0 aromatic heterocycles. The lowest BCUT2D eigenvalue weighted by molar-refractivity contribution is -0.117. The highest BCUT2D eigenvalue weighted by atomic mass is 16.2. The number of aryl methyl sites for hydroxylation is 1. The third-order valence-corrected chi connectivity index (χ3v) is 3.79. The summed E-state index contributed by atoms with van der Waals surface area (Å²) in [6, 6.07) is 14.8. The van der Waals surface area contributed by atoms with Crippen molar-refractivity contribution in [2.75, 3.05) is 16.8 Å². The van der Waals surface area contributed by atoms with Crippen LogP contribution in [0.5, 0.6) is 0 Å². The van der Waals surface area contributed by atoms with Crippen LogP contribution >= 0.6 is 0 Å². The number of amides is 2. The Balaban J connectivity index is 1.72. The van der Waals surface area contributed by atoms with Gasteiger partial charge >= 0.3 is 0 Å². The van der Waals surface area contributed by atoms with Gasteiger partial charge in [0, 0.05) is 29.9 Å². The highest BCUT2D eigenvalue weighted by Crippen LogP contribution is 2.22. The Kier molecular flexibility index (Phi) is 3.92. The van der Waals surface area contributed by atoms with Crippen molar-refractivity contribution in [2.45, 2.75) is 19.8 Å². The predicted octanol–water partition coefficient (Wildman–Crippen LogP) is 3.37. The molecule has 0 radical (unpaired) electrons. The van der Waals surface area contributed by atoms with Crippen molar-refractivity contribution in [1.82, 2.24) is 0 Å². The van der Waals surface area contributed by atoms with Crippen molar-refractivity contribution >= 4 is 23.2 Å². The average Bonchev–Trinajstić information content (AvgIpc) is 2.93. The summed E-state index contributed by atoms with van der Waals surface area (Å²) in [6.45, 7) is 2.74. The average molecular weight is 294 g/mol. The molecule has 0 bridgehead atoms. The summed E-state index contributed by atoms with van der Waals surface area (Å²) in [7, 11) is 0. The number of anilines is 2. The van der Waals surface area contributed by atoms with Crippen molar-refractivity contribution in [3.8, 4) is 0 Å². The molecule has 2 aromatic carbocycles. The van der Waals surface area contributed by atoms with Crippen LogP contribution in [0.2, 0.25) is 0 Å². The van der Waals surface area contributed by atoms with Gasteiger partial charge in [-0.1, -0.05) is 12.1 Å². The molecule has 0 saturated carbocycles. The Morgan fingerprint density at radius 3 is 2.55 bits per heavy atom. The summed E-state index contributed by atoms with van der Waals surface area (Å²) in [5.74, 6) is 0.00172. The van der Waals surface area contributed by atoms with E-state index in [-0.39, 0.29) is 11.8 Å². The topological polar surface area (TPSA) is 49.4 Å². The first-order chi connectivity index (χ1) is 10.6. The standard InChI is InChI=1S/C18H18N2O2/c1-13-4-2-5-15(12-13)19-18(22)14-7-9-16(10-8-14)20-11-3-6-17(20)21/h2,4-5,7-10,12H,3,6,11H2,1H3,(H,19,22). The third-order valence-electron chi connectivity index (χ3n) is 3.79. The zero-order valence-corrected chi connectivity index (χ0v) is 12.5. The molecule has 1 heterocycles. The molecule has 112 valence electrons. The minimum atomic E-state index is -0.148. The SMILES string of the molecule is Cc1cccc(NC(=O)c2ccc(N3CCCC3=O)cc2)c1. The number of benzene rings is 2. The Morgan fingerprint density at radius 2 is 1.91 bits per heavy atom. The van der Waals surface area contributed by atoms with E-state index in [1.165, 1.54) is 0 Å². The molecule has 4 nitrogen and oxygen atoms in total. The van der Waals surface area contributed by atoms with Crippen LogP contribution in [-0.4, -0.2) is 18.4 Å². The lowest BCUT2D eigenvalue weighted by Gasteiger charge is -2.15. The van der Waals surface area contributed by atoms with E-state index in [0.29, 0.717) is 12.0 Å². The Labute approximate surface area is 129 Å². The maximum atomic E-state index is 12.2. The zero-order chi connectivity index (χ0) is 15.5. The highest BCUT2D eigenvalue weighted by Gasteiger charge is 2.21. The molecule has 1 N–H and O–H groups in total. The summed E-state index contributed by atoms with van der Waals surface area (Å²) in [5, 5.41) is 2.88. The summed E-state index contributed by atoms with van der Waals surface area (Å²) < 4.78 is 0. The second kappa shape index (κ2) is 6.02. The van der Waals surface area contributed by atoms with Crippen LogP contribution in [0, 0.1) is 6.92 Å². The van der Waals surface area contributed by atoms with Crippen molar-refractivity contribution in [3.63, 3.8) is 0 Å². The Bertz CT molecular complexity index is 707. The molecule has 22 heavy (non-hydrogen) atoms. The highest BCUT2D eigenvalue weighted by molar-refractivity contribution is 6.04. The van der Waals surface area contributed by atoms with Crippen LogP contribution < -0.4 is 10.2 Å². The molecule has 0 atom stereocenters. The third kappa shape index (κ3) is 3.01. The second-order valence-corrected chi connectivity index (χ2v) is 5.52. The molecular formula is C18H18N2O2. The maximum Gasteiger partial charge on any atom is 0.255 e. The van der Waals surface area contributed by atoms with Crippen molar-refractivity contribution < 1.29 is 9.59 Å². The first-order valence-corrected chi connectivity index (χ1v) is 7.42. The number of nitrogens with one attached hydrogen (secondary N) is 1. The molecule has 1 aliphatic heterocycles. The summed E-state index contributed by atoms with van der Waals surface area (Å²) >= 11 is 0. The van der Waals surface area contributed by atoms with E-state index in [9.17, 15) is 9.59 Å². The van der Waals surface area contributed by atoms with E-state index in [0.717, 1.165) is 29.9 Å². The predicted molar refractivity (Wildman–Crippen MR) is 87.2 cm³/mol. The van der Waals surface area contributed by atoms with Gasteiger partial charge in [-0.25, -0.2) is 0 Å².